The van der Waals surface area contributed by atoms with Gasteiger partial charge in [0, 0.05) is 12.5 Å². The molecule has 1 saturated heterocycles. The molecule has 2 N–H and O–H groups in total. The monoisotopic (exact) mass is 183 g/mol. The van der Waals surface area contributed by atoms with Crippen molar-refractivity contribution in [2.24, 2.45) is 5.92 Å². The van der Waals surface area contributed by atoms with Crippen LogP contribution in [0.2, 0.25) is 0 Å². The Morgan fingerprint density at radius 1 is 1.54 bits per heavy atom. The summed E-state index contributed by atoms with van der Waals surface area (Å²) in [6.07, 6.45) is 1.79. The fraction of sp³-hybridized carbons (Fsp3) is 0.778. The van der Waals surface area contributed by atoms with Crippen molar-refractivity contribution < 1.29 is 14.7 Å². The van der Waals surface area contributed by atoms with Crippen LogP contribution >= 0.6 is 0 Å². The number of carbonyl (C=O) groups excluding carboxylic acids is 2. The predicted octanol–water partition coefficient (Wildman–Crippen LogP) is -0.395. The second kappa shape index (κ2) is 2.54. The van der Waals surface area contributed by atoms with Crippen molar-refractivity contribution in [3.05, 3.63) is 0 Å². The average Bonchev–Trinajstić information content (AvgIpc) is 2.06. The van der Waals surface area contributed by atoms with E-state index in [0.29, 0.717) is 12.8 Å². The first-order chi connectivity index (χ1) is 6.01. The molecule has 3 atom stereocenters. The van der Waals surface area contributed by atoms with Crippen LogP contribution in [0.1, 0.15) is 26.2 Å². The van der Waals surface area contributed by atoms with E-state index >= 15 is 0 Å². The Morgan fingerprint density at radius 2 is 2.23 bits per heavy atom. The van der Waals surface area contributed by atoms with Crippen molar-refractivity contribution in [2.45, 2.75) is 37.8 Å². The fourth-order valence-electron chi connectivity index (χ4n) is 2.19. The predicted molar refractivity (Wildman–Crippen MR) is 44.9 cm³/mol. The topological polar surface area (TPSA) is 66.4 Å². The number of fused-ring (bicyclic) bond motifs is 2. The molecule has 0 spiro atoms. The summed E-state index contributed by atoms with van der Waals surface area (Å²) in [6.45, 7) is 1.42. The zero-order valence-corrected chi connectivity index (χ0v) is 7.54. The van der Waals surface area contributed by atoms with Crippen molar-refractivity contribution in [1.82, 2.24) is 5.32 Å². The molecular weight excluding hydrogens is 170 g/mol. The first-order valence-electron chi connectivity index (χ1n) is 4.58. The lowest BCUT2D eigenvalue weighted by Crippen LogP contribution is -2.62. The molecular formula is C9H13NO3. The van der Waals surface area contributed by atoms with E-state index < -0.39 is 17.4 Å². The maximum atomic E-state index is 11.4. The molecule has 1 amide bonds. The molecule has 0 unspecified atom stereocenters. The van der Waals surface area contributed by atoms with Crippen molar-refractivity contribution in [3.8, 4) is 0 Å². The largest absolute Gasteiger partial charge is 0.380 e. The van der Waals surface area contributed by atoms with E-state index in [4.69, 9.17) is 0 Å². The van der Waals surface area contributed by atoms with Crippen LogP contribution in [0.25, 0.3) is 0 Å². The first-order valence-corrected chi connectivity index (χ1v) is 4.58. The van der Waals surface area contributed by atoms with Crippen molar-refractivity contribution in [3.63, 3.8) is 0 Å². The zero-order valence-electron chi connectivity index (χ0n) is 7.54. The van der Waals surface area contributed by atoms with E-state index in [1.54, 1.807) is 0 Å². The summed E-state index contributed by atoms with van der Waals surface area (Å²) in [5, 5.41) is 12.5. The van der Waals surface area contributed by atoms with Gasteiger partial charge < -0.3 is 10.4 Å². The second-order valence-corrected chi connectivity index (χ2v) is 4.11. The molecule has 1 aliphatic carbocycles. The van der Waals surface area contributed by atoms with Gasteiger partial charge in [-0.05, 0) is 19.8 Å². The fourth-order valence-corrected chi connectivity index (χ4v) is 2.19. The summed E-state index contributed by atoms with van der Waals surface area (Å²) in [4.78, 5) is 22.8. The molecule has 2 rings (SSSR count). The number of hydrogen-bond donors (Lipinski definition) is 2. The maximum absolute atomic E-state index is 11.4. The summed E-state index contributed by atoms with van der Waals surface area (Å²) in [5.74, 6) is -0.863. The van der Waals surface area contributed by atoms with Gasteiger partial charge in [0.1, 0.15) is 11.4 Å². The number of Topliss-reactive ketones (excluding diaryl/α,β-unsaturated/α-hetero) is 1. The Balaban J connectivity index is 2.31. The highest BCUT2D eigenvalue weighted by atomic mass is 16.3. The number of ketones is 1. The minimum absolute atomic E-state index is 0.0242. The lowest BCUT2D eigenvalue weighted by molar-refractivity contribution is -0.159. The second-order valence-electron chi connectivity index (χ2n) is 4.11. The number of hydrogen-bond acceptors (Lipinski definition) is 3. The molecule has 2 fully saturated rings. The van der Waals surface area contributed by atoms with Crippen LogP contribution in [0.3, 0.4) is 0 Å². The van der Waals surface area contributed by atoms with E-state index in [0.717, 1.165) is 6.42 Å². The van der Waals surface area contributed by atoms with Crippen molar-refractivity contribution >= 4 is 11.7 Å². The number of aliphatic hydroxyl groups is 1. The summed E-state index contributed by atoms with van der Waals surface area (Å²) in [5.41, 5.74) is -1.49. The zero-order chi connectivity index (χ0) is 9.64. The van der Waals surface area contributed by atoms with Crippen LogP contribution in [0.4, 0.5) is 0 Å². The molecule has 2 bridgehead atoms. The van der Waals surface area contributed by atoms with E-state index in [9.17, 15) is 14.7 Å². The van der Waals surface area contributed by atoms with Gasteiger partial charge in [-0.3, -0.25) is 9.59 Å². The van der Waals surface area contributed by atoms with Crippen LogP contribution < -0.4 is 5.32 Å². The van der Waals surface area contributed by atoms with Crippen LogP contribution in [-0.2, 0) is 9.59 Å². The van der Waals surface area contributed by atoms with E-state index in [2.05, 4.69) is 5.32 Å². The summed E-state index contributed by atoms with van der Waals surface area (Å²) < 4.78 is 0. The molecule has 0 radical (unpaired) electrons. The van der Waals surface area contributed by atoms with E-state index in [1.807, 2.05) is 0 Å². The average molecular weight is 183 g/mol. The van der Waals surface area contributed by atoms with Crippen LogP contribution in [0.15, 0.2) is 0 Å². The molecule has 13 heavy (non-hydrogen) atoms. The third-order valence-electron chi connectivity index (χ3n) is 3.12. The van der Waals surface area contributed by atoms with E-state index in [-0.39, 0.29) is 11.8 Å². The Labute approximate surface area is 76.3 Å². The lowest BCUT2D eigenvalue weighted by Gasteiger charge is -2.42. The van der Waals surface area contributed by atoms with Gasteiger partial charge in [-0.1, -0.05) is 0 Å². The van der Waals surface area contributed by atoms with Gasteiger partial charge in [0.2, 0.25) is 0 Å². The van der Waals surface area contributed by atoms with Gasteiger partial charge in [0.05, 0.1) is 5.92 Å². The number of amides is 1. The van der Waals surface area contributed by atoms with Crippen molar-refractivity contribution in [2.75, 3.05) is 0 Å². The minimum atomic E-state index is -1.49. The molecule has 2 aliphatic rings. The third kappa shape index (κ3) is 1.16. The molecule has 0 aromatic heterocycles. The molecule has 1 saturated carbocycles. The Hall–Kier alpha value is -0.900. The normalized spacial score (nSPS) is 44.5. The Morgan fingerprint density at radius 3 is 2.92 bits per heavy atom. The minimum Gasteiger partial charge on any atom is -0.380 e. The first kappa shape index (κ1) is 8.69. The molecule has 0 aromatic rings. The van der Waals surface area contributed by atoms with Crippen molar-refractivity contribution in [1.29, 1.82) is 0 Å². The molecule has 4 heteroatoms. The maximum Gasteiger partial charge on any atom is 0.252 e. The summed E-state index contributed by atoms with van der Waals surface area (Å²) in [6, 6.07) is 0.0930. The van der Waals surface area contributed by atoms with E-state index in [1.165, 1.54) is 6.92 Å². The molecule has 1 heterocycles. The van der Waals surface area contributed by atoms with Gasteiger partial charge >= 0.3 is 0 Å². The standard InChI is InChI=1S/C9H13NO3/c1-9(13)6-4-5(10-8(9)12)2-3-7(6)11/h5-6,13H,2-4H2,1H3,(H,10,12)/t5-,6-,9+/m1/s1. The van der Waals surface area contributed by atoms with Crippen LogP contribution in [-0.4, -0.2) is 28.4 Å². The van der Waals surface area contributed by atoms with Crippen LogP contribution in [0, 0.1) is 5.92 Å². The van der Waals surface area contributed by atoms with Gasteiger partial charge in [0.25, 0.3) is 5.91 Å². The molecule has 4 nitrogen and oxygen atoms in total. The lowest BCUT2D eigenvalue weighted by atomic mass is 9.71. The number of nitrogens with one attached hydrogen (secondary N) is 1. The number of carbonyl (C=O) groups is 2. The molecule has 72 valence electrons. The van der Waals surface area contributed by atoms with Gasteiger partial charge in [-0.2, -0.15) is 0 Å². The highest BCUT2D eigenvalue weighted by Gasteiger charge is 2.50. The summed E-state index contributed by atoms with van der Waals surface area (Å²) >= 11 is 0. The van der Waals surface area contributed by atoms with Gasteiger partial charge in [-0.25, -0.2) is 0 Å². The van der Waals surface area contributed by atoms with Crippen LogP contribution in [0.5, 0.6) is 0 Å². The summed E-state index contributed by atoms with van der Waals surface area (Å²) in [7, 11) is 0. The Bertz CT molecular complexity index is 272. The highest BCUT2D eigenvalue weighted by molar-refractivity contribution is 5.95. The quantitative estimate of drug-likeness (QED) is 0.537. The SMILES string of the molecule is C[C@@]1(O)C(=O)N[C@@H]2CCC(=O)[C@H]1C2. The highest BCUT2D eigenvalue weighted by Crippen LogP contribution is 2.34. The van der Waals surface area contributed by atoms with Gasteiger partial charge in [0.15, 0.2) is 0 Å². The van der Waals surface area contributed by atoms with Gasteiger partial charge in [-0.15, -0.1) is 0 Å². The number of piperidine rings is 1. The Kier molecular flexibility index (Phi) is 1.70. The molecule has 1 aliphatic heterocycles. The third-order valence-corrected chi connectivity index (χ3v) is 3.12. The molecule has 0 aromatic carbocycles. The smallest absolute Gasteiger partial charge is 0.252 e. The number of rotatable bonds is 0.